The summed E-state index contributed by atoms with van der Waals surface area (Å²) in [7, 11) is -4.40. The van der Waals surface area contributed by atoms with E-state index in [2.05, 4.69) is 5.32 Å². The molecule has 8 nitrogen and oxygen atoms in total. The largest absolute Gasteiger partial charge is 0.494 e. The van der Waals surface area contributed by atoms with Crippen molar-refractivity contribution in [2.45, 2.75) is 44.7 Å². The number of halogens is 2. The summed E-state index contributed by atoms with van der Waals surface area (Å²) in [6, 6.07) is 24.3. The summed E-state index contributed by atoms with van der Waals surface area (Å²) in [4.78, 5) is 29.3. The van der Waals surface area contributed by atoms with Crippen molar-refractivity contribution in [3.05, 3.63) is 126 Å². The van der Waals surface area contributed by atoms with Crippen molar-refractivity contribution in [1.82, 2.24) is 10.2 Å². The van der Waals surface area contributed by atoms with Gasteiger partial charge in [-0.2, -0.15) is 0 Å². The Labute approximate surface area is 275 Å². The maximum atomic E-state index is 15.0. The number of nitrogens with one attached hydrogen (secondary N) is 1. The van der Waals surface area contributed by atoms with Crippen molar-refractivity contribution in [3.63, 3.8) is 0 Å². The number of ether oxygens (including phenoxy) is 1. The molecule has 0 unspecified atom stereocenters. The Kier molecular flexibility index (Phi) is 12.1. The molecule has 2 amide bonds. The minimum atomic E-state index is -4.40. The van der Waals surface area contributed by atoms with Gasteiger partial charge in [0.25, 0.3) is 10.0 Å². The molecule has 0 bridgehead atoms. The van der Waals surface area contributed by atoms with Crippen molar-refractivity contribution in [2.75, 3.05) is 24.0 Å². The highest BCUT2D eigenvalue weighted by atomic mass is 32.2. The van der Waals surface area contributed by atoms with E-state index in [1.165, 1.54) is 59.5 Å². The first kappa shape index (κ1) is 35.1. The van der Waals surface area contributed by atoms with Crippen LogP contribution in [0.3, 0.4) is 0 Å². The second-order valence-corrected chi connectivity index (χ2v) is 13.2. The van der Waals surface area contributed by atoms with E-state index in [1.807, 2.05) is 32.0 Å². The summed E-state index contributed by atoms with van der Waals surface area (Å²) in [5.74, 6) is -1.82. The van der Waals surface area contributed by atoms with E-state index in [9.17, 15) is 22.4 Å². The van der Waals surface area contributed by atoms with Gasteiger partial charge in [-0.1, -0.05) is 62.4 Å². The van der Waals surface area contributed by atoms with Crippen LogP contribution in [-0.4, -0.2) is 50.9 Å². The normalized spacial score (nSPS) is 12.0. The molecule has 47 heavy (non-hydrogen) atoms. The van der Waals surface area contributed by atoms with Crippen LogP contribution in [0.1, 0.15) is 31.9 Å². The van der Waals surface area contributed by atoms with Gasteiger partial charge in [0.05, 0.1) is 17.2 Å². The van der Waals surface area contributed by atoms with Gasteiger partial charge in [-0.3, -0.25) is 13.9 Å². The van der Waals surface area contributed by atoms with Gasteiger partial charge in [0.2, 0.25) is 11.8 Å². The van der Waals surface area contributed by atoms with Crippen LogP contribution >= 0.6 is 0 Å². The third-order valence-corrected chi connectivity index (χ3v) is 9.16. The second-order valence-electron chi connectivity index (χ2n) is 11.4. The molecule has 248 valence electrons. The molecule has 0 aliphatic carbocycles. The molecule has 4 aromatic carbocycles. The van der Waals surface area contributed by atoms with Crippen LogP contribution in [-0.2, 0) is 32.6 Å². The van der Waals surface area contributed by atoms with E-state index in [0.717, 1.165) is 22.0 Å². The number of amides is 2. The first-order valence-corrected chi connectivity index (χ1v) is 16.8. The van der Waals surface area contributed by atoms with Gasteiger partial charge in [0.1, 0.15) is 30.0 Å². The topological polar surface area (TPSA) is 96.0 Å². The lowest BCUT2D eigenvalue weighted by Gasteiger charge is -2.34. The van der Waals surface area contributed by atoms with Crippen LogP contribution in [0.4, 0.5) is 14.5 Å². The molecule has 0 aliphatic rings. The number of hydrogen-bond donors (Lipinski definition) is 1. The van der Waals surface area contributed by atoms with Crippen molar-refractivity contribution < 1.29 is 31.5 Å². The fraction of sp³-hybridized carbons (Fsp3) is 0.278. The van der Waals surface area contributed by atoms with Gasteiger partial charge in [-0.05, 0) is 73.0 Å². The summed E-state index contributed by atoms with van der Waals surface area (Å²) in [6.45, 7) is 5.32. The van der Waals surface area contributed by atoms with Crippen LogP contribution in [0.2, 0.25) is 0 Å². The van der Waals surface area contributed by atoms with Gasteiger partial charge in [0.15, 0.2) is 0 Å². The average Bonchev–Trinajstić information content (AvgIpc) is 3.06. The monoisotopic (exact) mass is 663 g/mol. The molecule has 1 N–H and O–H groups in total. The molecule has 0 heterocycles. The fourth-order valence-corrected chi connectivity index (χ4v) is 6.34. The maximum Gasteiger partial charge on any atom is 0.264 e. The highest BCUT2D eigenvalue weighted by Crippen LogP contribution is 2.27. The quantitative estimate of drug-likeness (QED) is 0.169. The molecule has 11 heteroatoms. The molecule has 0 aliphatic heterocycles. The molecule has 0 radical (unpaired) electrons. The summed E-state index contributed by atoms with van der Waals surface area (Å²) in [5.41, 5.74) is 0.933. The predicted molar refractivity (Wildman–Crippen MR) is 177 cm³/mol. The molecule has 0 aromatic heterocycles. The molecule has 4 aromatic rings. The molecule has 4 rings (SSSR count). The number of hydrogen-bond acceptors (Lipinski definition) is 5. The third-order valence-electron chi connectivity index (χ3n) is 7.37. The van der Waals surface area contributed by atoms with E-state index in [1.54, 1.807) is 25.1 Å². The summed E-state index contributed by atoms with van der Waals surface area (Å²) >= 11 is 0. The van der Waals surface area contributed by atoms with Crippen LogP contribution < -0.4 is 14.4 Å². The molecule has 0 saturated carbocycles. The van der Waals surface area contributed by atoms with Crippen LogP contribution in [0.15, 0.2) is 108 Å². The highest BCUT2D eigenvalue weighted by molar-refractivity contribution is 7.92. The third kappa shape index (κ3) is 9.38. The smallest absolute Gasteiger partial charge is 0.264 e. The standard InChI is InChI=1S/C36H39F2N3O5S/c1-4-46-31-18-20-32(21-19-31)47(44,45)41(30-16-14-29(37)15-17-30)25-35(42)40(24-28-12-8-9-13-33(28)38)34(36(43)39-23-26(2)3)22-27-10-6-5-7-11-27/h5-21,26,34H,4,22-25H2,1-3H3,(H,39,43)/t34-/m1/s1. The zero-order valence-corrected chi connectivity index (χ0v) is 27.4. The second kappa shape index (κ2) is 16.2. The molecule has 1 atom stereocenters. The number of carbonyl (C=O) groups excluding carboxylic acids is 2. The molecule has 0 spiro atoms. The molecule has 0 saturated heterocycles. The SMILES string of the molecule is CCOc1ccc(S(=O)(=O)N(CC(=O)N(Cc2ccccc2F)[C@H](Cc2ccccc2)C(=O)NCC(C)C)c2ccc(F)cc2)cc1. The van der Waals surface area contributed by atoms with E-state index in [0.29, 0.717) is 18.9 Å². The molecular formula is C36H39F2N3O5S. The van der Waals surface area contributed by atoms with Crippen molar-refractivity contribution >= 4 is 27.5 Å². The van der Waals surface area contributed by atoms with Gasteiger partial charge < -0.3 is 15.0 Å². The summed E-state index contributed by atoms with van der Waals surface area (Å²) < 4.78 is 63.5. The van der Waals surface area contributed by atoms with Crippen LogP contribution in [0.25, 0.3) is 0 Å². The summed E-state index contributed by atoms with van der Waals surface area (Å²) in [6.07, 6.45) is 0.0904. The highest BCUT2D eigenvalue weighted by Gasteiger charge is 2.35. The zero-order chi connectivity index (χ0) is 34.0. The fourth-order valence-electron chi connectivity index (χ4n) is 4.92. The number of nitrogens with zero attached hydrogens (tertiary/aromatic N) is 2. The Balaban J connectivity index is 1.79. The van der Waals surface area contributed by atoms with E-state index in [-0.39, 0.29) is 35.0 Å². The minimum Gasteiger partial charge on any atom is -0.494 e. The minimum absolute atomic E-state index is 0.0309. The molecule has 0 fully saturated rings. The Morgan fingerprint density at radius 2 is 1.49 bits per heavy atom. The number of benzene rings is 4. The van der Waals surface area contributed by atoms with Crippen molar-refractivity contribution in [3.8, 4) is 5.75 Å². The van der Waals surface area contributed by atoms with Gasteiger partial charge in [-0.25, -0.2) is 17.2 Å². The molecular weight excluding hydrogens is 624 g/mol. The van der Waals surface area contributed by atoms with E-state index in [4.69, 9.17) is 4.74 Å². The maximum absolute atomic E-state index is 15.0. The number of anilines is 1. The van der Waals surface area contributed by atoms with Gasteiger partial charge in [0, 0.05) is 25.1 Å². The zero-order valence-electron chi connectivity index (χ0n) is 26.6. The predicted octanol–water partition coefficient (Wildman–Crippen LogP) is 5.97. The first-order valence-electron chi connectivity index (χ1n) is 15.3. The Morgan fingerprint density at radius 3 is 2.11 bits per heavy atom. The first-order chi connectivity index (χ1) is 22.5. The Bertz CT molecular complexity index is 1730. The van der Waals surface area contributed by atoms with E-state index >= 15 is 4.39 Å². The summed E-state index contributed by atoms with van der Waals surface area (Å²) in [5, 5.41) is 2.89. The Hall–Kier alpha value is -4.77. The number of rotatable bonds is 15. The number of carbonyl (C=O) groups is 2. The van der Waals surface area contributed by atoms with Crippen LogP contribution in [0.5, 0.6) is 5.75 Å². The number of sulfonamides is 1. The van der Waals surface area contributed by atoms with Crippen molar-refractivity contribution in [1.29, 1.82) is 0 Å². The lowest BCUT2D eigenvalue weighted by atomic mass is 10.0. The van der Waals surface area contributed by atoms with Crippen molar-refractivity contribution in [2.24, 2.45) is 5.92 Å². The Morgan fingerprint density at radius 1 is 0.851 bits per heavy atom. The van der Waals surface area contributed by atoms with E-state index < -0.39 is 46.1 Å². The lowest BCUT2D eigenvalue weighted by Crippen LogP contribution is -2.53. The van der Waals surface area contributed by atoms with Gasteiger partial charge in [-0.15, -0.1) is 0 Å². The lowest BCUT2D eigenvalue weighted by molar-refractivity contribution is -0.140. The van der Waals surface area contributed by atoms with Gasteiger partial charge >= 0.3 is 0 Å². The average molecular weight is 664 g/mol. The van der Waals surface area contributed by atoms with Crippen LogP contribution in [0, 0.1) is 17.6 Å².